The molecule has 32 heavy (non-hydrogen) atoms. The normalized spacial score (nSPS) is 20.3. The Kier molecular flexibility index (Phi) is 4.31. The first-order chi connectivity index (χ1) is 15.5. The summed E-state index contributed by atoms with van der Waals surface area (Å²) in [5.41, 5.74) is 3.67. The molecule has 5 heteroatoms. The zero-order chi connectivity index (χ0) is 22.0. The lowest BCUT2D eigenvalue weighted by Crippen LogP contribution is -2.35. The molecular weight excluding hydrogens is 422 g/mol. The third-order valence-corrected chi connectivity index (χ3v) is 7.46. The molecule has 3 aliphatic rings. The highest BCUT2D eigenvalue weighted by atomic mass is 35.5. The van der Waals surface area contributed by atoms with Crippen LogP contribution in [0.5, 0.6) is 11.5 Å². The Morgan fingerprint density at radius 3 is 2.38 bits per heavy atom. The van der Waals surface area contributed by atoms with E-state index in [0.29, 0.717) is 28.0 Å². The van der Waals surface area contributed by atoms with Crippen molar-refractivity contribution in [3.63, 3.8) is 0 Å². The summed E-state index contributed by atoms with van der Waals surface area (Å²) >= 11 is 7.01. The van der Waals surface area contributed by atoms with Crippen molar-refractivity contribution in [1.82, 2.24) is 0 Å². The second-order valence-corrected chi connectivity index (χ2v) is 9.51. The van der Waals surface area contributed by atoms with Crippen LogP contribution in [-0.4, -0.2) is 19.1 Å². The van der Waals surface area contributed by atoms with Crippen molar-refractivity contribution < 1.29 is 14.3 Å². The van der Waals surface area contributed by atoms with Crippen LogP contribution < -0.4 is 9.64 Å². The Balaban J connectivity index is 1.68. The number of halogens is 1. The van der Waals surface area contributed by atoms with Crippen molar-refractivity contribution in [1.29, 1.82) is 0 Å². The van der Waals surface area contributed by atoms with Gasteiger partial charge in [0, 0.05) is 29.8 Å². The van der Waals surface area contributed by atoms with Gasteiger partial charge in [-0.2, -0.15) is 0 Å². The summed E-state index contributed by atoms with van der Waals surface area (Å²) in [6, 6.07) is 17.6. The van der Waals surface area contributed by atoms with Crippen molar-refractivity contribution >= 4 is 23.3 Å². The SMILES string of the molecule is Cc1cc(N2CCCC(C)C2)c2c(c1Cl)C1(OC2=O)c2ccccc2Oc2ccccc21. The molecule has 1 saturated heterocycles. The molecule has 162 valence electrons. The average molecular weight is 446 g/mol. The van der Waals surface area contributed by atoms with Gasteiger partial charge in [0.15, 0.2) is 5.60 Å². The third-order valence-electron chi connectivity index (χ3n) is 6.98. The van der Waals surface area contributed by atoms with E-state index < -0.39 is 5.60 Å². The van der Waals surface area contributed by atoms with Crippen LogP contribution in [0, 0.1) is 12.8 Å². The molecule has 0 amide bonds. The summed E-state index contributed by atoms with van der Waals surface area (Å²) in [5, 5.41) is 0.575. The molecule has 1 fully saturated rings. The monoisotopic (exact) mass is 445 g/mol. The number of esters is 1. The van der Waals surface area contributed by atoms with Crippen LogP contribution in [-0.2, 0) is 10.3 Å². The minimum atomic E-state index is -1.13. The first-order valence-corrected chi connectivity index (χ1v) is 11.6. The molecule has 0 aromatic heterocycles. The highest BCUT2D eigenvalue weighted by Gasteiger charge is 2.56. The van der Waals surface area contributed by atoms with Crippen LogP contribution in [0.3, 0.4) is 0 Å². The number of fused-ring (bicyclic) bond motifs is 6. The van der Waals surface area contributed by atoms with E-state index >= 15 is 0 Å². The van der Waals surface area contributed by atoms with Gasteiger partial charge in [-0.25, -0.2) is 4.79 Å². The molecule has 0 aliphatic carbocycles. The Labute approximate surface area is 192 Å². The Bertz CT molecular complexity index is 1220. The second kappa shape index (κ2) is 7.01. The number of anilines is 1. The Hall–Kier alpha value is -2.98. The first kappa shape index (κ1) is 19.7. The Morgan fingerprint density at radius 1 is 1.06 bits per heavy atom. The van der Waals surface area contributed by atoms with E-state index in [-0.39, 0.29) is 5.97 Å². The van der Waals surface area contributed by atoms with Crippen LogP contribution in [0.4, 0.5) is 5.69 Å². The molecule has 3 aliphatic heterocycles. The number of hydrogen-bond donors (Lipinski definition) is 0. The number of ether oxygens (including phenoxy) is 2. The predicted molar refractivity (Wildman–Crippen MR) is 125 cm³/mol. The average Bonchev–Trinajstić information content (AvgIpc) is 3.10. The van der Waals surface area contributed by atoms with Crippen molar-refractivity contribution in [3.05, 3.63) is 87.4 Å². The molecule has 3 aromatic rings. The lowest BCUT2D eigenvalue weighted by atomic mass is 9.77. The highest BCUT2D eigenvalue weighted by Crippen LogP contribution is 2.59. The van der Waals surface area contributed by atoms with Gasteiger partial charge in [-0.3, -0.25) is 0 Å². The van der Waals surface area contributed by atoms with Gasteiger partial charge in [-0.05, 0) is 49.4 Å². The van der Waals surface area contributed by atoms with Crippen LogP contribution in [0.1, 0.15) is 52.4 Å². The van der Waals surface area contributed by atoms with Crippen LogP contribution in [0.15, 0.2) is 54.6 Å². The first-order valence-electron chi connectivity index (χ1n) is 11.2. The number of hydrogen-bond acceptors (Lipinski definition) is 4. The predicted octanol–water partition coefficient (Wildman–Crippen LogP) is 6.45. The standard InChI is InChI=1S/C27H24ClNO3/c1-16-8-7-13-29(15-16)20-14-17(2)25(28)24-23(20)26(30)32-27(24)18-9-3-5-11-21(18)31-22-12-6-4-10-19(22)27/h3-6,9-12,14,16H,7-8,13,15H2,1-2H3. The van der Waals surface area contributed by atoms with E-state index in [2.05, 4.69) is 17.9 Å². The van der Waals surface area contributed by atoms with Crippen LogP contribution in [0.2, 0.25) is 5.02 Å². The number of aryl methyl sites for hydroxylation is 1. The van der Waals surface area contributed by atoms with E-state index in [1.165, 1.54) is 6.42 Å². The quantitative estimate of drug-likeness (QED) is 0.403. The molecule has 1 atom stereocenters. The molecule has 1 unspecified atom stereocenters. The number of nitrogens with zero attached hydrogens (tertiary/aromatic N) is 1. The van der Waals surface area contributed by atoms with Crippen LogP contribution >= 0.6 is 11.6 Å². The number of carbonyl (C=O) groups excluding carboxylic acids is 1. The van der Waals surface area contributed by atoms with Crippen molar-refractivity contribution in [2.75, 3.05) is 18.0 Å². The minimum absolute atomic E-state index is 0.332. The maximum absolute atomic E-state index is 13.6. The van der Waals surface area contributed by atoms with Gasteiger partial charge in [0.1, 0.15) is 11.5 Å². The van der Waals surface area contributed by atoms with Gasteiger partial charge < -0.3 is 14.4 Å². The molecular formula is C27H24ClNO3. The van der Waals surface area contributed by atoms with Crippen molar-refractivity contribution in [3.8, 4) is 11.5 Å². The fraction of sp³-hybridized carbons (Fsp3) is 0.296. The van der Waals surface area contributed by atoms with Gasteiger partial charge in [0.05, 0.1) is 16.3 Å². The largest absolute Gasteiger partial charge is 0.456 e. The van der Waals surface area contributed by atoms with Gasteiger partial charge in [0.2, 0.25) is 0 Å². The maximum atomic E-state index is 13.6. The van der Waals surface area contributed by atoms with Crippen molar-refractivity contribution in [2.24, 2.45) is 5.92 Å². The number of para-hydroxylation sites is 2. The molecule has 3 aromatic carbocycles. The zero-order valence-corrected chi connectivity index (χ0v) is 18.9. The lowest BCUT2D eigenvalue weighted by Gasteiger charge is -2.37. The van der Waals surface area contributed by atoms with Gasteiger partial charge in [-0.1, -0.05) is 54.9 Å². The maximum Gasteiger partial charge on any atom is 0.342 e. The fourth-order valence-corrected chi connectivity index (χ4v) is 5.83. The molecule has 0 saturated carbocycles. The van der Waals surface area contributed by atoms with Gasteiger partial charge in [-0.15, -0.1) is 0 Å². The topological polar surface area (TPSA) is 38.8 Å². The number of carbonyl (C=O) groups is 1. The number of benzene rings is 3. The van der Waals surface area contributed by atoms with Crippen molar-refractivity contribution in [2.45, 2.75) is 32.3 Å². The van der Waals surface area contributed by atoms with E-state index in [9.17, 15) is 4.79 Å². The number of rotatable bonds is 1. The van der Waals surface area contributed by atoms with Crippen LogP contribution in [0.25, 0.3) is 0 Å². The molecule has 0 bridgehead atoms. The van der Waals surface area contributed by atoms with E-state index in [0.717, 1.165) is 47.5 Å². The highest BCUT2D eigenvalue weighted by molar-refractivity contribution is 6.33. The van der Waals surface area contributed by atoms with E-state index in [4.69, 9.17) is 21.1 Å². The summed E-state index contributed by atoms with van der Waals surface area (Å²) < 4.78 is 12.6. The molecule has 0 N–H and O–H groups in total. The van der Waals surface area contributed by atoms with E-state index in [1.807, 2.05) is 55.5 Å². The fourth-order valence-electron chi connectivity index (χ4n) is 5.55. The summed E-state index contributed by atoms with van der Waals surface area (Å²) in [6.07, 6.45) is 2.31. The summed E-state index contributed by atoms with van der Waals surface area (Å²) in [7, 11) is 0. The van der Waals surface area contributed by atoms with E-state index in [1.54, 1.807) is 0 Å². The zero-order valence-electron chi connectivity index (χ0n) is 18.2. The number of piperidine rings is 1. The summed E-state index contributed by atoms with van der Waals surface area (Å²) in [4.78, 5) is 15.9. The summed E-state index contributed by atoms with van der Waals surface area (Å²) in [6.45, 7) is 6.12. The molecule has 3 heterocycles. The van der Waals surface area contributed by atoms with Gasteiger partial charge >= 0.3 is 5.97 Å². The second-order valence-electron chi connectivity index (χ2n) is 9.14. The summed E-state index contributed by atoms with van der Waals surface area (Å²) in [5.74, 6) is 1.60. The molecule has 1 spiro atoms. The molecule has 4 nitrogen and oxygen atoms in total. The minimum Gasteiger partial charge on any atom is -0.456 e. The lowest BCUT2D eigenvalue weighted by molar-refractivity contribution is 0.0225. The molecule has 6 rings (SSSR count). The third kappa shape index (κ3) is 2.59. The van der Waals surface area contributed by atoms with Gasteiger partial charge in [0.25, 0.3) is 0 Å². The Morgan fingerprint density at radius 2 is 1.72 bits per heavy atom. The molecule has 0 radical (unpaired) electrons. The smallest absolute Gasteiger partial charge is 0.342 e.